The van der Waals surface area contributed by atoms with Crippen LogP contribution in [0.3, 0.4) is 0 Å². The Morgan fingerprint density at radius 2 is 2.33 bits per heavy atom. The highest BCUT2D eigenvalue weighted by molar-refractivity contribution is 5.11. The summed E-state index contributed by atoms with van der Waals surface area (Å²) in [6.07, 6.45) is 4.28. The van der Waals surface area contributed by atoms with Gasteiger partial charge in [0.05, 0.1) is 30.5 Å². The lowest BCUT2D eigenvalue weighted by Crippen LogP contribution is -2.12. The topological polar surface area (TPSA) is 50.8 Å². The fourth-order valence-electron chi connectivity index (χ4n) is 1.07. The summed E-state index contributed by atoms with van der Waals surface area (Å²) in [5, 5.41) is 12.9. The van der Waals surface area contributed by atoms with Gasteiger partial charge < -0.3 is 4.74 Å². The lowest BCUT2D eigenvalue weighted by molar-refractivity contribution is 0.264. The van der Waals surface area contributed by atoms with Crippen molar-refractivity contribution in [2.24, 2.45) is 5.41 Å². The van der Waals surface area contributed by atoms with Gasteiger partial charge in [-0.1, -0.05) is 0 Å². The van der Waals surface area contributed by atoms with Crippen LogP contribution in [0.15, 0.2) is 12.4 Å². The molecule has 0 aliphatic carbocycles. The average Bonchev–Trinajstić information content (AvgIpc) is 2.66. The molecule has 0 radical (unpaired) electrons. The van der Waals surface area contributed by atoms with Crippen LogP contribution in [0.1, 0.15) is 27.2 Å². The number of aryl methyl sites for hydroxylation is 1. The Labute approximate surface area is 90.5 Å². The van der Waals surface area contributed by atoms with Gasteiger partial charge >= 0.3 is 0 Å². The van der Waals surface area contributed by atoms with E-state index in [0.29, 0.717) is 6.61 Å². The van der Waals surface area contributed by atoms with Crippen LogP contribution in [0.25, 0.3) is 0 Å². The standard InChI is InChI=1S/C11H17N3O/c1-4-14-8-10(7-13-14)15-6-5-11(2,3)9-12/h7-8H,4-6H2,1-3H3. The van der Waals surface area contributed by atoms with Gasteiger partial charge in [0, 0.05) is 6.54 Å². The third-order valence-electron chi connectivity index (χ3n) is 2.23. The first-order chi connectivity index (χ1) is 7.07. The average molecular weight is 207 g/mol. The molecule has 1 rings (SSSR count). The van der Waals surface area contributed by atoms with Crippen LogP contribution in [-0.2, 0) is 6.54 Å². The van der Waals surface area contributed by atoms with E-state index >= 15 is 0 Å². The normalized spacial score (nSPS) is 11.1. The van der Waals surface area contributed by atoms with Crippen molar-refractivity contribution in [2.75, 3.05) is 6.61 Å². The van der Waals surface area contributed by atoms with E-state index in [2.05, 4.69) is 11.2 Å². The van der Waals surface area contributed by atoms with Crippen molar-refractivity contribution in [3.8, 4) is 11.8 Å². The lowest BCUT2D eigenvalue weighted by atomic mass is 9.92. The van der Waals surface area contributed by atoms with Crippen molar-refractivity contribution in [1.82, 2.24) is 9.78 Å². The molecule has 1 heterocycles. The summed E-state index contributed by atoms with van der Waals surface area (Å²) in [7, 11) is 0. The van der Waals surface area contributed by atoms with E-state index in [0.717, 1.165) is 18.7 Å². The SMILES string of the molecule is CCn1cc(OCCC(C)(C)C#N)cn1. The van der Waals surface area contributed by atoms with E-state index in [-0.39, 0.29) is 5.41 Å². The van der Waals surface area contributed by atoms with Gasteiger partial charge in [-0.05, 0) is 27.2 Å². The Morgan fingerprint density at radius 1 is 1.60 bits per heavy atom. The van der Waals surface area contributed by atoms with Gasteiger partial charge in [0.15, 0.2) is 5.75 Å². The number of rotatable bonds is 5. The third-order valence-corrected chi connectivity index (χ3v) is 2.23. The first kappa shape index (κ1) is 11.6. The van der Waals surface area contributed by atoms with Crippen molar-refractivity contribution >= 4 is 0 Å². The van der Waals surface area contributed by atoms with Crippen molar-refractivity contribution in [1.29, 1.82) is 5.26 Å². The fraction of sp³-hybridized carbons (Fsp3) is 0.636. The molecule has 0 aromatic carbocycles. The van der Waals surface area contributed by atoms with Gasteiger partial charge in [0.1, 0.15) is 0 Å². The van der Waals surface area contributed by atoms with Gasteiger partial charge in [-0.2, -0.15) is 10.4 Å². The molecule has 0 saturated carbocycles. The fourth-order valence-corrected chi connectivity index (χ4v) is 1.07. The summed E-state index contributed by atoms with van der Waals surface area (Å²) in [6, 6.07) is 2.24. The molecule has 0 aliphatic rings. The molecule has 4 heteroatoms. The van der Waals surface area contributed by atoms with Crippen LogP contribution >= 0.6 is 0 Å². The number of hydrogen-bond acceptors (Lipinski definition) is 3. The van der Waals surface area contributed by atoms with Gasteiger partial charge in [-0.3, -0.25) is 4.68 Å². The molecule has 1 aromatic heterocycles. The van der Waals surface area contributed by atoms with Crippen LogP contribution in [-0.4, -0.2) is 16.4 Å². The molecule has 15 heavy (non-hydrogen) atoms. The Morgan fingerprint density at radius 3 is 2.87 bits per heavy atom. The van der Waals surface area contributed by atoms with Gasteiger partial charge in [-0.25, -0.2) is 0 Å². The number of nitriles is 1. The van der Waals surface area contributed by atoms with Gasteiger partial charge in [0.2, 0.25) is 0 Å². The minimum atomic E-state index is -0.319. The predicted molar refractivity (Wildman–Crippen MR) is 57.4 cm³/mol. The van der Waals surface area contributed by atoms with Crippen LogP contribution in [0.2, 0.25) is 0 Å². The van der Waals surface area contributed by atoms with E-state index in [4.69, 9.17) is 10.00 Å². The highest BCUT2D eigenvalue weighted by Crippen LogP contribution is 2.19. The van der Waals surface area contributed by atoms with Crippen LogP contribution in [0, 0.1) is 16.7 Å². The Hall–Kier alpha value is -1.50. The lowest BCUT2D eigenvalue weighted by Gasteiger charge is -2.14. The molecule has 0 amide bonds. The van der Waals surface area contributed by atoms with Crippen molar-refractivity contribution < 1.29 is 4.74 Å². The monoisotopic (exact) mass is 207 g/mol. The summed E-state index contributed by atoms with van der Waals surface area (Å²) >= 11 is 0. The predicted octanol–water partition coefficient (Wildman–Crippen LogP) is 2.22. The van der Waals surface area contributed by atoms with Gasteiger partial charge in [-0.15, -0.1) is 0 Å². The number of aromatic nitrogens is 2. The van der Waals surface area contributed by atoms with E-state index in [1.165, 1.54) is 0 Å². The van der Waals surface area contributed by atoms with Crippen molar-refractivity contribution in [2.45, 2.75) is 33.7 Å². The Kier molecular flexibility index (Phi) is 3.73. The van der Waals surface area contributed by atoms with E-state index in [1.54, 1.807) is 6.20 Å². The van der Waals surface area contributed by atoms with Crippen LogP contribution < -0.4 is 4.74 Å². The van der Waals surface area contributed by atoms with Crippen LogP contribution in [0.5, 0.6) is 5.75 Å². The maximum atomic E-state index is 8.81. The summed E-state index contributed by atoms with van der Waals surface area (Å²) < 4.78 is 7.30. The number of nitrogens with zero attached hydrogens (tertiary/aromatic N) is 3. The molecule has 0 N–H and O–H groups in total. The molecule has 0 fully saturated rings. The summed E-state index contributed by atoms with van der Waals surface area (Å²) in [5.74, 6) is 0.769. The minimum Gasteiger partial charge on any atom is -0.490 e. The summed E-state index contributed by atoms with van der Waals surface area (Å²) in [6.45, 7) is 7.23. The second-order valence-corrected chi connectivity index (χ2v) is 4.13. The third kappa shape index (κ3) is 3.62. The largest absolute Gasteiger partial charge is 0.490 e. The summed E-state index contributed by atoms with van der Waals surface area (Å²) in [4.78, 5) is 0. The highest BCUT2D eigenvalue weighted by atomic mass is 16.5. The zero-order valence-electron chi connectivity index (χ0n) is 9.53. The number of hydrogen-bond donors (Lipinski definition) is 0. The second-order valence-electron chi connectivity index (χ2n) is 4.13. The first-order valence-corrected chi connectivity index (χ1v) is 5.14. The molecular formula is C11H17N3O. The molecule has 82 valence electrons. The number of ether oxygens (including phenoxy) is 1. The Balaban J connectivity index is 2.35. The zero-order chi connectivity index (χ0) is 11.3. The quantitative estimate of drug-likeness (QED) is 0.743. The molecular weight excluding hydrogens is 190 g/mol. The van der Waals surface area contributed by atoms with E-state index in [9.17, 15) is 0 Å². The van der Waals surface area contributed by atoms with Crippen LogP contribution in [0.4, 0.5) is 0 Å². The second kappa shape index (κ2) is 4.83. The Bertz CT molecular complexity index is 349. The van der Waals surface area contributed by atoms with Crippen molar-refractivity contribution in [3.05, 3.63) is 12.4 Å². The molecule has 0 aliphatic heterocycles. The first-order valence-electron chi connectivity index (χ1n) is 5.14. The summed E-state index contributed by atoms with van der Waals surface area (Å²) in [5.41, 5.74) is -0.319. The van der Waals surface area contributed by atoms with E-state index < -0.39 is 0 Å². The van der Waals surface area contributed by atoms with Crippen molar-refractivity contribution in [3.63, 3.8) is 0 Å². The molecule has 0 bridgehead atoms. The van der Waals surface area contributed by atoms with Gasteiger partial charge in [0.25, 0.3) is 0 Å². The minimum absolute atomic E-state index is 0.319. The molecule has 0 spiro atoms. The maximum Gasteiger partial charge on any atom is 0.157 e. The highest BCUT2D eigenvalue weighted by Gasteiger charge is 2.16. The molecule has 4 nitrogen and oxygen atoms in total. The maximum absolute atomic E-state index is 8.81. The van der Waals surface area contributed by atoms with E-state index in [1.807, 2.05) is 31.6 Å². The molecule has 0 atom stereocenters. The molecule has 1 aromatic rings. The smallest absolute Gasteiger partial charge is 0.157 e. The molecule has 0 unspecified atom stereocenters. The zero-order valence-corrected chi connectivity index (χ0v) is 9.53. The molecule has 0 saturated heterocycles.